The molecule has 1 aromatic heterocycles. The van der Waals surface area contributed by atoms with Crippen molar-refractivity contribution in [1.82, 2.24) is 9.97 Å². The SMILES string of the molecule is CC.CCOC(=O)c1ncnc(Cl)c1Cl. The van der Waals surface area contributed by atoms with Gasteiger partial charge in [-0.15, -0.1) is 0 Å². The molecule has 1 heterocycles. The van der Waals surface area contributed by atoms with Gasteiger partial charge in [-0.2, -0.15) is 0 Å². The molecule has 0 aliphatic carbocycles. The predicted molar refractivity (Wildman–Crippen MR) is 59.4 cm³/mol. The van der Waals surface area contributed by atoms with Gasteiger partial charge in [0.2, 0.25) is 0 Å². The van der Waals surface area contributed by atoms with Crippen molar-refractivity contribution >= 4 is 29.2 Å². The van der Waals surface area contributed by atoms with Crippen LogP contribution in [0.4, 0.5) is 0 Å². The minimum atomic E-state index is -0.600. The third-order valence-corrected chi connectivity index (χ3v) is 1.96. The van der Waals surface area contributed by atoms with E-state index in [1.807, 2.05) is 13.8 Å². The average molecular weight is 251 g/mol. The molecule has 0 bridgehead atoms. The molecule has 1 rings (SSSR count). The molecule has 0 fully saturated rings. The van der Waals surface area contributed by atoms with Gasteiger partial charge in [0, 0.05) is 0 Å². The molecule has 0 aliphatic heterocycles. The number of nitrogens with zero attached hydrogens (tertiary/aromatic N) is 2. The van der Waals surface area contributed by atoms with Gasteiger partial charge < -0.3 is 4.74 Å². The lowest BCUT2D eigenvalue weighted by molar-refractivity contribution is 0.0519. The van der Waals surface area contributed by atoms with Crippen molar-refractivity contribution in [2.75, 3.05) is 6.61 Å². The van der Waals surface area contributed by atoms with E-state index in [1.165, 1.54) is 0 Å². The molecule has 0 aromatic carbocycles. The Labute approximate surface area is 98.6 Å². The fourth-order valence-electron chi connectivity index (χ4n) is 0.690. The Balaban J connectivity index is 0.000000921. The first-order valence-electron chi connectivity index (χ1n) is 4.50. The molecule has 15 heavy (non-hydrogen) atoms. The molecule has 1 aromatic rings. The van der Waals surface area contributed by atoms with Crippen LogP contribution < -0.4 is 0 Å². The first-order chi connectivity index (χ1) is 7.16. The minimum absolute atomic E-state index is 0.0106. The van der Waals surface area contributed by atoms with Crippen LogP contribution in [0.5, 0.6) is 0 Å². The summed E-state index contributed by atoms with van der Waals surface area (Å²) in [6, 6.07) is 0. The molecular weight excluding hydrogens is 239 g/mol. The van der Waals surface area contributed by atoms with Crippen LogP contribution in [-0.4, -0.2) is 22.5 Å². The van der Waals surface area contributed by atoms with E-state index >= 15 is 0 Å². The molecule has 6 heteroatoms. The van der Waals surface area contributed by atoms with Crippen LogP contribution in [0, 0.1) is 0 Å². The van der Waals surface area contributed by atoms with Crippen LogP contribution in [-0.2, 0) is 4.74 Å². The lowest BCUT2D eigenvalue weighted by Gasteiger charge is -2.02. The summed E-state index contributed by atoms with van der Waals surface area (Å²) in [5.74, 6) is -0.600. The molecule has 0 spiro atoms. The van der Waals surface area contributed by atoms with Gasteiger partial charge in [0.05, 0.1) is 6.61 Å². The summed E-state index contributed by atoms with van der Waals surface area (Å²) in [5.41, 5.74) is -0.0106. The van der Waals surface area contributed by atoms with Gasteiger partial charge in [0.25, 0.3) is 0 Å². The first kappa shape index (κ1) is 14.1. The summed E-state index contributed by atoms with van der Waals surface area (Å²) in [4.78, 5) is 18.4. The van der Waals surface area contributed by atoms with Crippen LogP contribution in [0.25, 0.3) is 0 Å². The normalized spacial score (nSPS) is 8.87. The Morgan fingerprint density at radius 2 is 2.00 bits per heavy atom. The fourth-order valence-corrected chi connectivity index (χ4v) is 0.998. The Morgan fingerprint density at radius 1 is 1.40 bits per heavy atom. The van der Waals surface area contributed by atoms with E-state index in [2.05, 4.69) is 9.97 Å². The van der Waals surface area contributed by atoms with Crippen molar-refractivity contribution in [3.8, 4) is 0 Å². The average Bonchev–Trinajstić information content (AvgIpc) is 2.25. The van der Waals surface area contributed by atoms with Crippen molar-refractivity contribution < 1.29 is 9.53 Å². The van der Waals surface area contributed by atoms with Crippen LogP contribution in [0.1, 0.15) is 31.3 Å². The van der Waals surface area contributed by atoms with Crippen molar-refractivity contribution in [2.24, 2.45) is 0 Å². The largest absolute Gasteiger partial charge is 0.461 e. The molecular formula is C9H12Cl2N2O2. The van der Waals surface area contributed by atoms with E-state index in [1.54, 1.807) is 6.92 Å². The summed E-state index contributed by atoms with van der Waals surface area (Å²) >= 11 is 11.2. The van der Waals surface area contributed by atoms with E-state index in [9.17, 15) is 4.79 Å². The number of halogens is 2. The summed E-state index contributed by atoms with van der Waals surface area (Å²) in [5, 5.41) is 0.0577. The van der Waals surface area contributed by atoms with Crippen molar-refractivity contribution in [3.63, 3.8) is 0 Å². The zero-order valence-corrected chi connectivity index (χ0v) is 10.3. The van der Waals surface area contributed by atoms with E-state index in [0.717, 1.165) is 6.33 Å². The van der Waals surface area contributed by atoms with Crippen LogP contribution >= 0.6 is 23.2 Å². The topological polar surface area (TPSA) is 52.1 Å². The zero-order valence-electron chi connectivity index (χ0n) is 8.75. The third-order valence-electron chi connectivity index (χ3n) is 1.22. The maximum atomic E-state index is 11.2. The summed E-state index contributed by atoms with van der Waals surface area (Å²) in [6.45, 7) is 5.95. The monoisotopic (exact) mass is 250 g/mol. The van der Waals surface area contributed by atoms with Crippen LogP contribution in [0.2, 0.25) is 10.2 Å². The highest BCUT2D eigenvalue weighted by Crippen LogP contribution is 2.21. The number of rotatable bonds is 2. The van der Waals surface area contributed by atoms with Crippen molar-refractivity contribution in [3.05, 3.63) is 22.2 Å². The summed E-state index contributed by atoms with van der Waals surface area (Å²) in [7, 11) is 0. The number of hydrogen-bond donors (Lipinski definition) is 0. The Bertz CT molecular complexity index is 332. The Morgan fingerprint density at radius 3 is 2.53 bits per heavy atom. The summed E-state index contributed by atoms with van der Waals surface area (Å²) < 4.78 is 4.69. The van der Waals surface area contributed by atoms with Gasteiger partial charge >= 0.3 is 5.97 Å². The highest BCUT2D eigenvalue weighted by Gasteiger charge is 2.15. The predicted octanol–water partition coefficient (Wildman–Crippen LogP) is 2.99. The van der Waals surface area contributed by atoms with Crippen LogP contribution in [0.15, 0.2) is 6.33 Å². The number of hydrogen-bond acceptors (Lipinski definition) is 4. The third kappa shape index (κ3) is 4.01. The standard InChI is InChI=1S/C7H6Cl2N2O2.C2H6/c1-2-13-7(12)5-4(8)6(9)11-3-10-5;1-2/h3H,2H2,1H3;1-2H3. The molecule has 0 amide bonds. The minimum Gasteiger partial charge on any atom is -0.461 e. The molecule has 0 saturated heterocycles. The quantitative estimate of drug-likeness (QED) is 0.598. The number of ether oxygens (including phenoxy) is 1. The lowest BCUT2D eigenvalue weighted by atomic mass is 10.4. The second-order valence-corrected chi connectivity index (χ2v) is 2.78. The number of carbonyl (C=O) groups excluding carboxylic acids is 1. The number of esters is 1. The molecule has 4 nitrogen and oxygen atoms in total. The molecule has 0 unspecified atom stereocenters. The molecule has 0 atom stereocenters. The van der Waals surface area contributed by atoms with Gasteiger partial charge in [-0.1, -0.05) is 37.0 Å². The van der Waals surface area contributed by atoms with E-state index in [-0.39, 0.29) is 22.5 Å². The second-order valence-electron chi connectivity index (χ2n) is 2.05. The lowest BCUT2D eigenvalue weighted by Crippen LogP contribution is -2.08. The second kappa shape index (κ2) is 7.43. The molecule has 0 saturated carbocycles. The van der Waals surface area contributed by atoms with Crippen molar-refractivity contribution in [1.29, 1.82) is 0 Å². The van der Waals surface area contributed by atoms with Gasteiger partial charge in [-0.05, 0) is 6.92 Å². The summed E-state index contributed by atoms with van der Waals surface area (Å²) in [6.07, 6.45) is 1.15. The van der Waals surface area contributed by atoms with E-state index in [4.69, 9.17) is 27.9 Å². The maximum Gasteiger partial charge on any atom is 0.358 e. The van der Waals surface area contributed by atoms with E-state index < -0.39 is 5.97 Å². The Hall–Kier alpha value is -0.870. The van der Waals surface area contributed by atoms with Gasteiger partial charge in [0.15, 0.2) is 10.8 Å². The van der Waals surface area contributed by atoms with Gasteiger partial charge in [-0.3, -0.25) is 0 Å². The molecule has 84 valence electrons. The molecule has 0 N–H and O–H groups in total. The zero-order chi connectivity index (χ0) is 11.8. The fraction of sp³-hybridized carbons (Fsp3) is 0.444. The highest BCUT2D eigenvalue weighted by atomic mass is 35.5. The number of carbonyl (C=O) groups is 1. The highest BCUT2D eigenvalue weighted by molar-refractivity contribution is 6.42. The van der Waals surface area contributed by atoms with E-state index in [0.29, 0.717) is 0 Å². The first-order valence-corrected chi connectivity index (χ1v) is 5.25. The van der Waals surface area contributed by atoms with Crippen LogP contribution in [0.3, 0.4) is 0 Å². The number of aromatic nitrogens is 2. The van der Waals surface area contributed by atoms with Gasteiger partial charge in [-0.25, -0.2) is 14.8 Å². The molecule has 0 aliphatic rings. The van der Waals surface area contributed by atoms with Gasteiger partial charge in [0.1, 0.15) is 11.3 Å². The van der Waals surface area contributed by atoms with Crippen molar-refractivity contribution in [2.45, 2.75) is 20.8 Å². The molecule has 0 radical (unpaired) electrons. The smallest absolute Gasteiger partial charge is 0.358 e. The maximum absolute atomic E-state index is 11.2. The Kier molecular flexibility index (Phi) is 6.99.